The number of ether oxygens (including phenoxy) is 3. The third-order valence-electron chi connectivity index (χ3n) is 5.92. The fourth-order valence-corrected chi connectivity index (χ4v) is 4.47. The molecular formula is C25H31F3O4. The summed E-state index contributed by atoms with van der Waals surface area (Å²) in [7, 11) is 0. The highest BCUT2D eigenvalue weighted by Gasteiger charge is 2.45. The molecule has 5 atom stereocenters. The van der Waals surface area contributed by atoms with Crippen molar-refractivity contribution >= 4 is 12.0 Å². The molecule has 0 aliphatic carbocycles. The number of aryl methyl sites for hydroxylation is 2. The van der Waals surface area contributed by atoms with E-state index in [1.54, 1.807) is 33.8 Å². The monoisotopic (exact) mass is 452 g/mol. The predicted molar refractivity (Wildman–Crippen MR) is 116 cm³/mol. The van der Waals surface area contributed by atoms with E-state index in [2.05, 4.69) is 0 Å². The second kappa shape index (κ2) is 9.02. The van der Waals surface area contributed by atoms with Crippen molar-refractivity contribution in [2.45, 2.75) is 78.2 Å². The van der Waals surface area contributed by atoms with Crippen molar-refractivity contribution in [1.82, 2.24) is 0 Å². The molecule has 0 amide bonds. The van der Waals surface area contributed by atoms with Crippen LogP contribution in [0.15, 0.2) is 30.4 Å². The minimum atomic E-state index is -4.57. The van der Waals surface area contributed by atoms with Crippen LogP contribution >= 0.6 is 0 Å². The van der Waals surface area contributed by atoms with Gasteiger partial charge >= 0.3 is 12.1 Å². The maximum absolute atomic E-state index is 13.8. The molecule has 0 spiro atoms. The lowest BCUT2D eigenvalue weighted by Crippen LogP contribution is -2.35. The Morgan fingerprint density at radius 1 is 1.06 bits per heavy atom. The number of hydrogen-bond donors (Lipinski definition) is 0. The lowest BCUT2D eigenvalue weighted by molar-refractivity contribution is -0.182. The summed E-state index contributed by atoms with van der Waals surface area (Å²) >= 11 is 0. The first kappa shape index (κ1) is 24.5. The number of carbonyl (C=O) groups excluding carboxylic acids is 1. The van der Waals surface area contributed by atoms with Gasteiger partial charge in [0.2, 0.25) is 0 Å². The normalized spacial score (nSPS) is 32.9. The molecule has 7 heteroatoms. The van der Waals surface area contributed by atoms with E-state index in [1.807, 2.05) is 25.1 Å². The number of carbonyl (C=O) groups is 1. The molecule has 2 aliphatic heterocycles. The van der Waals surface area contributed by atoms with Crippen molar-refractivity contribution in [1.29, 1.82) is 0 Å². The van der Waals surface area contributed by atoms with E-state index in [1.165, 1.54) is 13.0 Å². The molecule has 1 fully saturated rings. The number of hydrogen-bond acceptors (Lipinski definition) is 4. The highest BCUT2D eigenvalue weighted by atomic mass is 19.4. The Balaban J connectivity index is 2.08. The van der Waals surface area contributed by atoms with Crippen LogP contribution in [0, 0.1) is 25.7 Å². The molecule has 4 unspecified atom stereocenters. The zero-order valence-corrected chi connectivity index (χ0v) is 19.3. The van der Waals surface area contributed by atoms with Crippen LogP contribution in [0.4, 0.5) is 13.2 Å². The molecule has 1 saturated heterocycles. The Labute approximate surface area is 187 Å². The highest BCUT2D eigenvalue weighted by molar-refractivity contribution is 5.95. The topological polar surface area (TPSA) is 44.8 Å². The minimum absolute atomic E-state index is 0.273. The van der Waals surface area contributed by atoms with Crippen LogP contribution in [0.2, 0.25) is 0 Å². The number of alkyl halides is 3. The van der Waals surface area contributed by atoms with Gasteiger partial charge in [0.05, 0.1) is 17.8 Å². The van der Waals surface area contributed by atoms with Crippen molar-refractivity contribution in [2.75, 3.05) is 0 Å². The van der Waals surface area contributed by atoms with Gasteiger partial charge < -0.3 is 14.2 Å². The highest BCUT2D eigenvalue weighted by Crippen LogP contribution is 2.37. The molecule has 176 valence electrons. The van der Waals surface area contributed by atoms with Crippen LogP contribution in [0.1, 0.15) is 61.2 Å². The number of cyclic esters (lactones) is 1. The second-order valence-electron chi connectivity index (χ2n) is 9.24. The van der Waals surface area contributed by atoms with Crippen LogP contribution in [-0.4, -0.2) is 36.2 Å². The summed E-state index contributed by atoms with van der Waals surface area (Å²) in [6, 6.07) is 3.64. The van der Waals surface area contributed by atoms with Crippen molar-refractivity contribution in [3.05, 3.63) is 52.6 Å². The SMILES string of the molecule is Cc1cc(C)c2c(c1)/C=C/C[C@@H]1OC(C)(C)OC1C(C)/C=C\C(C(F)(F)F)C(C)OC2=O. The largest absolute Gasteiger partial charge is 0.458 e. The summed E-state index contributed by atoms with van der Waals surface area (Å²) in [5.41, 5.74) is 2.48. The Bertz CT molecular complexity index is 916. The standard InChI is InChI=1S/C25H31F3O4/c1-14-12-16(3)21-18(13-14)8-7-9-20-22(32-24(5,6)31-20)15(2)10-11-19(25(26,27)28)17(4)30-23(21)29/h7-8,10-13,15,17,19-20,22H,9H2,1-6H3/b8-7+,11-10-/t15?,17?,19?,20-,22?/m0/s1. The lowest BCUT2D eigenvalue weighted by atomic mass is 9.93. The molecule has 1 aromatic carbocycles. The average molecular weight is 453 g/mol. The van der Waals surface area contributed by atoms with Crippen molar-refractivity contribution in [3.63, 3.8) is 0 Å². The molecule has 0 radical (unpaired) electrons. The molecule has 3 rings (SSSR count). The van der Waals surface area contributed by atoms with Gasteiger partial charge in [-0.1, -0.05) is 48.9 Å². The van der Waals surface area contributed by atoms with Gasteiger partial charge in [-0.3, -0.25) is 0 Å². The molecule has 2 heterocycles. The van der Waals surface area contributed by atoms with E-state index < -0.39 is 36.1 Å². The average Bonchev–Trinajstić information content (AvgIpc) is 2.94. The molecule has 0 N–H and O–H groups in total. The first-order valence-corrected chi connectivity index (χ1v) is 10.9. The number of benzene rings is 1. The van der Waals surface area contributed by atoms with Gasteiger partial charge in [0.15, 0.2) is 5.79 Å². The van der Waals surface area contributed by atoms with Gasteiger partial charge in [-0.15, -0.1) is 0 Å². The summed E-state index contributed by atoms with van der Waals surface area (Å²) in [5, 5.41) is 0. The Morgan fingerprint density at radius 3 is 2.41 bits per heavy atom. The van der Waals surface area contributed by atoms with Gasteiger partial charge in [-0.25, -0.2) is 4.79 Å². The predicted octanol–water partition coefficient (Wildman–Crippen LogP) is 6.16. The molecule has 0 bridgehead atoms. The third-order valence-corrected chi connectivity index (χ3v) is 5.92. The quantitative estimate of drug-likeness (QED) is 0.350. The summed E-state index contributed by atoms with van der Waals surface area (Å²) in [6.07, 6.45) is 0.0990. The number of esters is 1. The molecule has 0 aromatic heterocycles. The molecule has 32 heavy (non-hydrogen) atoms. The van der Waals surface area contributed by atoms with Crippen LogP contribution < -0.4 is 0 Å². The molecular weight excluding hydrogens is 421 g/mol. The van der Waals surface area contributed by atoms with Gasteiger partial charge in [-0.05, 0) is 52.2 Å². The van der Waals surface area contributed by atoms with E-state index in [9.17, 15) is 18.0 Å². The van der Waals surface area contributed by atoms with E-state index in [4.69, 9.17) is 14.2 Å². The summed E-state index contributed by atoms with van der Waals surface area (Å²) in [5.74, 6) is -3.86. The molecule has 1 aromatic rings. The van der Waals surface area contributed by atoms with Crippen LogP contribution in [0.25, 0.3) is 6.08 Å². The van der Waals surface area contributed by atoms with Gasteiger partial charge in [0, 0.05) is 5.92 Å². The van der Waals surface area contributed by atoms with E-state index in [-0.39, 0.29) is 17.6 Å². The van der Waals surface area contributed by atoms with Gasteiger partial charge in [0.1, 0.15) is 12.0 Å². The summed E-state index contributed by atoms with van der Waals surface area (Å²) in [6.45, 7) is 10.3. The number of fused-ring (bicyclic) bond motifs is 2. The van der Waals surface area contributed by atoms with Crippen molar-refractivity contribution in [3.8, 4) is 0 Å². The molecule has 2 aliphatic rings. The summed E-state index contributed by atoms with van der Waals surface area (Å²) in [4.78, 5) is 12.9. The van der Waals surface area contributed by atoms with E-state index >= 15 is 0 Å². The third kappa shape index (κ3) is 5.44. The van der Waals surface area contributed by atoms with E-state index in [0.717, 1.165) is 11.6 Å². The van der Waals surface area contributed by atoms with E-state index in [0.29, 0.717) is 17.5 Å². The lowest BCUT2D eigenvalue weighted by Gasteiger charge is -2.26. The molecule has 4 nitrogen and oxygen atoms in total. The maximum atomic E-state index is 13.8. The fraction of sp³-hybridized carbons (Fsp3) is 0.560. The fourth-order valence-electron chi connectivity index (χ4n) is 4.47. The zero-order chi connectivity index (χ0) is 23.8. The van der Waals surface area contributed by atoms with Gasteiger partial charge in [-0.2, -0.15) is 13.2 Å². The second-order valence-corrected chi connectivity index (χ2v) is 9.24. The summed E-state index contributed by atoms with van der Waals surface area (Å²) < 4.78 is 58.9. The van der Waals surface area contributed by atoms with Crippen LogP contribution in [-0.2, 0) is 14.2 Å². The Hall–Kier alpha value is -2.12. The van der Waals surface area contributed by atoms with Gasteiger partial charge in [0.25, 0.3) is 0 Å². The van der Waals surface area contributed by atoms with Crippen molar-refractivity contribution in [2.24, 2.45) is 11.8 Å². The van der Waals surface area contributed by atoms with Crippen LogP contribution in [0.5, 0.6) is 0 Å². The Kier molecular flexibility index (Phi) is 6.91. The maximum Gasteiger partial charge on any atom is 0.398 e. The first-order chi connectivity index (χ1) is 14.8. The number of halogens is 3. The minimum Gasteiger partial charge on any atom is -0.458 e. The van der Waals surface area contributed by atoms with Crippen molar-refractivity contribution < 1.29 is 32.2 Å². The smallest absolute Gasteiger partial charge is 0.398 e. The zero-order valence-electron chi connectivity index (χ0n) is 19.3. The first-order valence-electron chi connectivity index (χ1n) is 10.9. The van der Waals surface area contributed by atoms with Crippen LogP contribution in [0.3, 0.4) is 0 Å². The number of rotatable bonds is 0. The molecule has 0 saturated carbocycles. The Morgan fingerprint density at radius 2 is 1.75 bits per heavy atom.